The second-order valence-corrected chi connectivity index (χ2v) is 7.91. The molecule has 2 aromatic carbocycles. The van der Waals surface area contributed by atoms with Crippen molar-refractivity contribution in [3.8, 4) is 11.5 Å². The monoisotopic (exact) mass is 379 g/mol. The first-order valence-electron chi connectivity index (χ1n) is 7.97. The molecule has 0 saturated carbocycles. The van der Waals surface area contributed by atoms with Crippen LogP contribution in [0.4, 0.5) is 5.69 Å². The third kappa shape index (κ3) is 3.60. The molecule has 1 aliphatic heterocycles. The van der Waals surface area contributed by atoms with Gasteiger partial charge in [-0.2, -0.15) is 0 Å². The summed E-state index contributed by atoms with van der Waals surface area (Å²) in [5, 5.41) is 0.963. The first-order valence-corrected chi connectivity index (χ1v) is 8.73. The van der Waals surface area contributed by atoms with Gasteiger partial charge >= 0.3 is 7.12 Å². The Morgan fingerprint density at radius 1 is 0.920 bits per heavy atom. The Kier molecular flexibility index (Phi) is 4.71. The fourth-order valence-electron chi connectivity index (χ4n) is 2.49. The van der Waals surface area contributed by atoms with E-state index in [2.05, 4.69) is 0 Å². The Morgan fingerprint density at radius 2 is 1.52 bits per heavy atom. The molecule has 7 heteroatoms. The molecular weight excluding hydrogens is 360 g/mol. The van der Waals surface area contributed by atoms with Crippen LogP contribution in [0.2, 0.25) is 10.0 Å². The fourth-order valence-corrected chi connectivity index (χ4v) is 2.94. The van der Waals surface area contributed by atoms with E-state index < -0.39 is 18.3 Å². The van der Waals surface area contributed by atoms with Gasteiger partial charge in [-0.25, -0.2) is 0 Å². The van der Waals surface area contributed by atoms with Gasteiger partial charge in [-0.1, -0.05) is 23.2 Å². The molecule has 0 aromatic heterocycles. The van der Waals surface area contributed by atoms with Crippen LogP contribution in [0, 0.1) is 0 Å². The summed E-state index contributed by atoms with van der Waals surface area (Å²) in [6.07, 6.45) is 0. The number of hydrogen-bond donors (Lipinski definition) is 1. The highest BCUT2D eigenvalue weighted by molar-refractivity contribution is 6.63. The molecule has 0 spiro atoms. The summed E-state index contributed by atoms with van der Waals surface area (Å²) in [6.45, 7) is 7.98. The summed E-state index contributed by atoms with van der Waals surface area (Å²) >= 11 is 12.2. The standard InChI is InChI=1S/C18H20BCl2NO3/c1-17(2)18(3,4)25-19(24-17)13-10-12(22)6-8-15(13)23-16-7-5-11(20)9-14(16)21/h5-10H,22H2,1-4H3. The lowest BCUT2D eigenvalue weighted by molar-refractivity contribution is 0.00578. The number of rotatable bonds is 3. The molecule has 0 radical (unpaired) electrons. The molecule has 0 atom stereocenters. The summed E-state index contributed by atoms with van der Waals surface area (Å²) in [4.78, 5) is 0. The van der Waals surface area contributed by atoms with Crippen molar-refractivity contribution in [1.29, 1.82) is 0 Å². The van der Waals surface area contributed by atoms with Gasteiger partial charge < -0.3 is 19.8 Å². The zero-order chi connectivity index (χ0) is 18.4. The minimum atomic E-state index is -0.588. The molecule has 0 unspecified atom stereocenters. The number of ether oxygens (including phenoxy) is 1. The van der Waals surface area contributed by atoms with Crippen LogP contribution in [0.25, 0.3) is 0 Å². The molecule has 2 N–H and O–H groups in total. The van der Waals surface area contributed by atoms with E-state index in [4.69, 9.17) is 43.0 Å². The molecule has 1 aliphatic rings. The van der Waals surface area contributed by atoms with Crippen molar-refractivity contribution in [1.82, 2.24) is 0 Å². The second kappa shape index (κ2) is 6.40. The zero-order valence-electron chi connectivity index (χ0n) is 14.6. The van der Waals surface area contributed by atoms with Crippen LogP contribution >= 0.6 is 23.2 Å². The molecule has 1 heterocycles. The van der Waals surface area contributed by atoms with Gasteiger partial charge in [0.2, 0.25) is 0 Å². The van der Waals surface area contributed by atoms with E-state index in [1.165, 1.54) is 0 Å². The lowest BCUT2D eigenvalue weighted by Gasteiger charge is -2.32. The summed E-state index contributed by atoms with van der Waals surface area (Å²) < 4.78 is 18.2. The number of nitrogen functional groups attached to an aromatic ring is 1. The molecule has 3 rings (SSSR count). The molecule has 1 fully saturated rings. The molecule has 0 amide bonds. The Hall–Kier alpha value is -1.40. The van der Waals surface area contributed by atoms with Crippen molar-refractivity contribution >= 4 is 41.5 Å². The predicted molar refractivity (Wildman–Crippen MR) is 103 cm³/mol. The molecule has 132 valence electrons. The fraction of sp³-hybridized carbons (Fsp3) is 0.333. The minimum Gasteiger partial charge on any atom is -0.456 e. The van der Waals surface area contributed by atoms with Crippen molar-refractivity contribution in [2.24, 2.45) is 0 Å². The van der Waals surface area contributed by atoms with Crippen LogP contribution in [-0.2, 0) is 9.31 Å². The smallest absolute Gasteiger partial charge is 0.456 e. The molecule has 1 saturated heterocycles. The van der Waals surface area contributed by atoms with Gasteiger partial charge in [0.05, 0.1) is 16.2 Å². The van der Waals surface area contributed by atoms with Crippen molar-refractivity contribution < 1.29 is 14.0 Å². The van der Waals surface area contributed by atoms with E-state index in [0.717, 1.165) is 0 Å². The molecule has 0 aliphatic carbocycles. The van der Waals surface area contributed by atoms with E-state index in [0.29, 0.717) is 32.7 Å². The number of nitrogens with two attached hydrogens (primary N) is 1. The van der Waals surface area contributed by atoms with Crippen LogP contribution in [0.3, 0.4) is 0 Å². The number of benzene rings is 2. The topological polar surface area (TPSA) is 53.7 Å². The van der Waals surface area contributed by atoms with Crippen LogP contribution in [-0.4, -0.2) is 18.3 Å². The number of hydrogen-bond acceptors (Lipinski definition) is 4. The van der Waals surface area contributed by atoms with E-state index in [-0.39, 0.29) is 0 Å². The molecule has 2 aromatic rings. The average molecular weight is 380 g/mol. The third-order valence-corrected chi connectivity index (χ3v) is 5.19. The number of anilines is 1. The molecular formula is C18H20BCl2NO3. The first-order chi connectivity index (χ1) is 11.6. The molecule has 4 nitrogen and oxygen atoms in total. The normalized spacial score (nSPS) is 18.4. The van der Waals surface area contributed by atoms with Gasteiger partial charge in [0.1, 0.15) is 11.5 Å². The van der Waals surface area contributed by atoms with Crippen molar-refractivity contribution in [3.63, 3.8) is 0 Å². The molecule has 0 bridgehead atoms. The highest BCUT2D eigenvalue weighted by atomic mass is 35.5. The average Bonchev–Trinajstić information content (AvgIpc) is 2.72. The van der Waals surface area contributed by atoms with Gasteiger partial charge in [0.15, 0.2) is 0 Å². The largest absolute Gasteiger partial charge is 0.498 e. The van der Waals surface area contributed by atoms with Gasteiger partial charge in [-0.15, -0.1) is 0 Å². The van der Waals surface area contributed by atoms with Gasteiger partial charge in [0.25, 0.3) is 0 Å². The lowest BCUT2D eigenvalue weighted by atomic mass is 9.78. The van der Waals surface area contributed by atoms with Crippen LogP contribution in [0.15, 0.2) is 36.4 Å². The summed E-state index contributed by atoms with van der Waals surface area (Å²) in [7, 11) is -0.588. The van der Waals surface area contributed by atoms with Crippen LogP contribution in [0.5, 0.6) is 11.5 Å². The highest BCUT2D eigenvalue weighted by Gasteiger charge is 2.52. The summed E-state index contributed by atoms with van der Waals surface area (Å²) in [5.74, 6) is 1.06. The van der Waals surface area contributed by atoms with Crippen molar-refractivity contribution in [2.45, 2.75) is 38.9 Å². The van der Waals surface area contributed by atoms with E-state index in [1.807, 2.05) is 27.7 Å². The van der Waals surface area contributed by atoms with Crippen molar-refractivity contribution in [3.05, 3.63) is 46.4 Å². The Bertz CT molecular complexity index is 795. The maximum Gasteiger partial charge on any atom is 0.498 e. The third-order valence-electron chi connectivity index (χ3n) is 4.65. The Balaban J connectivity index is 1.97. The SMILES string of the molecule is CC1(C)OB(c2cc(N)ccc2Oc2ccc(Cl)cc2Cl)OC1(C)C. The first kappa shape index (κ1) is 18.4. The van der Waals surface area contributed by atoms with Gasteiger partial charge in [-0.3, -0.25) is 0 Å². The van der Waals surface area contributed by atoms with Crippen molar-refractivity contribution in [2.75, 3.05) is 5.73 Å². The maximum absolute atomic E-state index is 6.22. The lowest BCUT2D eigenvalue weighted by Crippen LogP contribution is -2.41. The van der Waals surface area contributed by atoms with E-state index >= 15 is 0 Å². The minimum absolute atomic E-state index is 0.421. The quantitative estimate of drug-likeness (QED) is 0.622. The molecule has 25 heavy (non-hydrogen) atoms. The van der Waals surface area contributed by atoms with E-state index in [9.17, 15) is 0 Å². The van der Waals surface area contributed by atoms with E-state index in [1.54, 1.807) is 36.4 Å². The Morgan fingerprint density at radius 3 is 2.12 bits per heavy atom. The predicted octanol–water partition coefficient (Wildman–Crippen LogP) is 4.67. The van der Waals surface area contributed by atoms with Gasteiger partial charge in [0, 0.05) is 16.2 Å². The maximum atomic E-state index is 6.22. The number of halogens is 2. The highest BCUT2D eigenvalue weighted by Crippen LogP contribution is 2.38. The summed E-state index contributed by atoms with van der Waals surface area (Å²) in [6, 6.07) is 10.4. The Labute approximate surface area is 158 Å². The van der Waals surface area contributed by atoms with Crippen LogP contribution < -0.4 is 15.9 Å². The van der Waals surface area contributed by atoms with Gasteiger partial charge in [-0.05, 0) is 64.1 Å². The summed E-state index contributed by atoms with van der Waals surface area (Å²) in [5.41, 5.74) is 6.35. The second-order valence-electron chi connectivity index (χ2n) is 7.06. The zero-order valence-corrected chi connectivity index (χ0v) is 16.1. The van der Waals surface area contributed by atoms with Crippen LogP contribution in [0.1, 0.15) is 27.7 Å².